The van der Waals surface area contributed by atoms with Gasteiger partial charge in [0.15, 0.2) is 0 Å². The number of hydrogen-bond acceptors (Lipinski definition) is 3. The molecule has 1 atom stereocenters. The number of esters is 1. The first-order valence-corrected chi connectivity index (χ1v) is 5.48. The van der Waals surface area contributed by atoms with E-state index >= 15 is 0 Å². The summed E-state index contributed by atoms with van der Waals surface area (Å²) in [7, 11) is 0. The zero-order valence-electron chi connectivity index (χ0n) is 9.94. The molecule has 0 aromatic rings. The highest BCUT2D eigenvalue weighted by Gasteiger charge is 2.25. The normalized spacial score (nSPS) is 12.2. The minimum Gasteiger partial charge on any atom is -0.481 e. The van der Waals surface area contributed by atoms with Crippen molar-refractivity contribution in [3.05, 3.63) is 12.7 Å². The van der Waals surface area contributed by atoms with Crippen molar-refractivity contribution in [2.75, 3.05) is 6.61 Å². The third-order valence-electron chi connectivity index (χ3n) is 2.32. The molecule has 0 saturated heterocycles. The number of carboxylic acid groups (broad SMARTS) is 1. The van der Waals surface area contributed by atoms with Crippen molar-refractivity contribution in [3.8, 4) is 0 Å². The van der Waals surface area contributed by atoms with Crippen molar-refractivity contribution in [1.29, 1.82) is 0 Å². The maximum atomic E-state index is 11.3. The second-order valence-corrected chi connectivity index (χ2v) is 4.04. The van der Waals surface area contributed by atoms with E-state index in [1.165, 1.54) is 0 Å². The van der Waals surface area contributed by atoms with Crippen LogP contribution in [0.15, 0.2) is 12.7 Å². The topological polar surface area (TPSA) is 63.6 Å². The van der Waals surface area contributed by atoms with Gasteiger partial charge in [-0.25, -0.2) is 0 Å². The molecule has 0 unspecified atom stereocenters. The van der Waals surface area contributed by atoms with Gasteiger partial charge >= 0.3 is 11.9 Å². The summed E-state index contributed by atoms with van der Waals surface area (Å²) in [6.07, 6.45) is 3.22. The minimum atomic E-state index is -0.946. The molecule has 0 aliphatic heterocycles. The van der Waals surface area contributed by atoms with Gasteiger partial charge in [-0.05, 0) is 18.8 Å². The van der Waals surface area contributed by atoms with Crippen LogP contribution in [0.4, 0.5) is 0 Å². The highest BCUT2D eigenvalue weighted by atomic mass is 16.5. The van der Waals surface area contributed by atoms with Gasteiger partial charge in [0.2, 0.25) is 0 Å². The molecule has 0 rings (SSSR count). The Morgan fingerprint density at radius 2 is 2.06 bits per heavy atom. The van der Waals surface area contributed by atoms with Gasteiger partial charge in [0.1, 0.15) is 0 Å². The Balaban J connectivity index is 3.91. The van der Waals surface area contributed by atoms with Gasteiger partial charge in [0.05, 0.1) is 18.9 Å². The van der Waals surface area contributed by atoms with Crippen LogP contribution in [0.25, 0.3) is 0 Å². The molecule has 92 valence electrons. The summed E-state index contributed by atoms with van der Waals surface area (Å²) in [5.74, 6) is -2.12. The number of unbranched alkanes of at least 4 members (excludes halogenated alkanes) is 1. The van der Waals surface area contributed by atoms with E-state index in [9.17, 15) is 9.59 Å². The quantitative estimate of drug-likeness (QED) is 0.393. The lowest BCUT2D eigenvalue weighted by atomic mass is 9.93. The lowest BCUT2D eigenvalue weighted by Crippen LogP contribution is -2.24. The summed E-state index contributed by atoms with van der Waals surface area (Å²) in [5.41, 5.74) is 0. The molecule has 0 aliphatic carbocycles. The molecule has 4 heteroatoms. The fourth-order valence-corrected chi connectivity index (χ4v) is 1.26. The van der Waals surface area contributed by atoms with E-state index in [2.05, 4.69) is 6.58 Å². The van der Waals surface area contributed by atoms with Crippen LogP contribution in [0.5, 0.6) is 0 Å². The second kappa shape index (κ2) is 7.91. The summed E-state index contributed by atoms with van der Waals surface area (Å²) in [5, 5.41) is 8.88. The van der Waals surface area contributed by atoms with E-state index in [1.54, 1.807) is 19.9 Å². The molecule has 0 amide bonds. The molecular weight excluding hydrogens is 208 g/mol. The Kier molecular flexibility index (Phi) is 7.25. The Morgan fingerprint density at radius 1 is 1.44 bits per heavy atom. The van der Waals surface area contributed by atoms with Crippen molar-refractivity contribution in [1.82, 2.24) is 0 Å². The summed E-state index contributed by atoms with van der Waals surface area (Å²) in [6.45, 7) is 7.45. The van der Waals surface area contributed by atoms with Crippen molar-refractivity contribution in [2.45, 2.75) is 33.1 Å². The fraction of sp³-hybridized carbons (Fsp3) is 0.667. The molecule has 0 saturated carbocycles. The Morgan fingerprint density at radius 3 is 2.50 bits per heavy atom. The lowest BCUT2D eigenvalue weighted by molar-refractivity contribution is -0.153. The van der Waals surface area contributed by atoms with Gasteiger partial charge in [-0.3, -0.25) is 9.59 Å². The van der Waals surface area contributed by atoms with Crippen LogP contribution < -0.4 is 0 Å². The number of carbonyl (C=O) groups excluding carboxylic acids is 1. The standard InChI is InChI=1S/C12H20O4/c1-4-5-6-7-16-11(13)8-10(9(2)3)12(14)15/h4,9-10H,1,5-8H2,2-3H3,(H,14,15)/t10-/m0/s1. The van der Waals surface area contributed by atoms with Crippen LogP contribution >= 0.6 is 0 Å². The average Bonchev–Trinajstić information content (AvgIpc) is 2.20. The van der Waals surface area contributed by atoms with Crippen LogP contribution in [0, 0.1) is 11.8 Å². The van der Waals surface area contributed by atoms with Gasteiger partial charge in [0.25, 0.3) is 0 Å². The summed E-state index contributed by atoms with van der Waals surface area (Å²) in [6, 6.07) is 0. The molecule has 0 radical (unpaired) electrons. The Hall–Kier alpha value is -1.32. The number of carboxylic acids is 1. The molecule has 0 heterocycles. The van der Waals surface area contributed by atoms with Gasteiger partial charge in [0, 0.05) is 0 Å². The maximum Gasteiger partial charge on any atom is 0.307 e. The highest BCUT2D eigenvalue weighted by Crippen LogP contribution is 2.16. The van der Waals surface area contributed by atoms with Crippen LogP contribution in [0.1, 0.15) is 33.1 Å². The predicted octanol–water partition coefficient (Wildman–Crippen LogP) is 2.24. The average molecular weight is 228 g/mol. The second-order valence-electron chi connectivity index (χ2n) is 4.04. The third-order valence-corrected chi connectivity index (χ3v) is 2.32. The smallest absolute Gasteiger partial charge is 0.307 e. The van der Waals surface area contributed by atoms with Crippen LogP contribution in [0.2, 0.25) is 0 Å². The summed E-state index contributed by atoms with van der Waals surface area (Å²) in [4.78, 5) is 22.1. The number of hydrogen-bond donors (Lipinski definition) is 1. The monoisotopic (exact) mass is 228 g/mol. The van der Waals surface area contributed by atoms with Crippen molar-refractivity contribution < 1.29 is 19.4 Å². The largest absolute Gasteiger partial charge is 0.481 e. The molecule has 4 nitrogen and oxygen atoms in total. The lowest BCUT2D eigenvalue weighted by Gasteiger charge is -2.14. The first-order valence-electron chi connectivity index (χ1n) is 5.48. The molecule has 0 aromatic carbocycles. The van der Waals surface area contributed by atoms with E-state index in [1.807, 2.05) is 0 Å². The minimum absolute atomic E-state index is 0.0545. The molecule has 0 bridgehead atoms. The number of ether oxygens (including phenoxy) is 1. The number of carbonyl (C=O) groups is 2. The van der Waals surface area contributed by atoms with Crippen molar-refractivity contribution in [2.24, 2.45) is 11.8 Å². The van der Waals surface area contributed by atoms with Crippen LogP contribution in [-0.4, -0.2) is 23.7 Å². The number of rotatable bonds is 8. The van der Waals surface area contributed by atoms with Crippen LogP contribution in [-0.2, 0) is 14.3 Å². The highest BCUT2D eigenvalue weighted by molar-refractivity contribution is 5.78. The van der Waals surface area contributed by atoms with E-state index in [-0.39, 0.29) is 12.3 Å². The Bertz CT molecular complexity index is 245. The predicted molar refractivity (Wildman–Crippen MR) is 61.0 cm³/mol. The molecular formula is C12H20O4. The maximum absolute atomic E-state index is 11.3. The zero-order valence-corrected chi connectivity index (χ0v) is 9.94. The van der Waals surface area contributed by atoms with E-state index < -0.39 is 17.9 Å². The Labute approximate surface area is 96.3 Å². The first kappa shape index (κ1) is 14.7. The fourth-order valence-electron chi connectivity index (χ4n) is 1.26. The third kappa shape index (κ3) is 6.22. The SMILES string of the molecule is C=CCCCOC(=O)C[C@H](C(=O)O)C(C)C. The summed E-state index contributed by atoms with van der Waals surface area (Å²) >= 11 is 0. The van der Waals surface area contributed by atoms with Gasteiger partial charge in [-0.2, -0.15) is 0 Å². The van der Waals surface area contributed by atoms with Crippen molar-refractivity contribution in [3.63, 3.8) is 0 Å². The molecule has 0 spiro atoms. The first-order chi connectivity index (χ1) is 7.49. The molecule has 0 fully saturated rings. The number of aliphatic carboxylic acids is 1. The van der Waals surface area contributed by atoms with Gasteiger partial charge < -0.3 is 9.84 Å². The van der Waals surface area contributed by atoms with E-state index in [0.29, 0.717) is 6.61 Å². The molecule has 1 N–H and O–H groups in total. The van der Waals surface area contributed by atoms with Gasteiger partial charge in [-0.1, -0.05) is 19.9 Å². The van der Waals surface area contributed by atoms with Crippen molar-refractivity contribution >= 4 is 11.9 Å². The number of allylic oxidation sites excluding steroid dienone is 1. The van der Waals surface area contributed by atoms with Gasteiger partial charge in [-0.15, -0.1) is 6.58 Å². The molecule has 0 aliphatic rings. The molecule has 16 heavy (non-hydrogen) atoms. The van der Waals surface area contributed by atoms with E-state index in [0.717, 1.165) is 12.8 Å². The molecule has 0 aromatic heterocycles. The zero-order chi connectivity index (χ0) is 12.6. The summed E-state index contributed by atoms with van der Waals surface area (Å²) < 4.78 is 4.92. The van der Waals surface area contributed by atoms with E-state index in [4.69, 9.17) is 9.84 Å². The van der Waals surface area contributed by atoms with Crippen LogP contribution in [0.3, 0.4) is 0 Å².